The van der Waals surface area contributed by atoms with Gasteiger partial charge in [0, 0.05) is 45.2 Å². The first-order valence-corrected chi connectivity index (χ1v) is 12.4. The van der Waals surface area contributed by atoms with Crippen molar-refractivity contribution in [1.82, 2.24) is 19.4 Å². The lowest BCUT2D eigenvalue weighted by Crippen LogP contribution is -2.54. The molecule has 2 amide bonds. The van der Waals surface area contributed by atoms with E-state index in [1.54, 1.807) is 24.3 Å². The monoisotopic (exact) mass is 468 g/mol. The molecule has 2 aliphatic heterocycles. The summed E-state index contributed by atoms with van der Waals surface area (Å²) in [4.78, 5) is 57.4. The summed E-state index contributed by atoms with van der Waals surface area (Å²) in [5, 5.41) is 0.517. The van der Waals surface area contributed by atoms with Crippen LogP contribution in [0.4, 0.5) is 0 Å². The average Bonchev–Trinajstić information content (AvgIpc) is 3.41. The van der Waals surface area contributed by atoms with Gasteiger partial charge in [-0.2, -0.15) is 0 Å². The summed E-state index contributed by atoms with van der Waals surface area (Å²) in [6.07, 6.45) is 4.57. The quantitative estimate of drug-likeness (QED) is 0.729. The number of amides is 2. The predicted molar refractivity (Wildman–Crippen MR) is 126 cm³/mol. The molecule has 1 N–H and O–H groups in total. The fourth-order valence-electron chi connectivity index (χ4n) is 5.60. The van der Waals surface area contributed by atoms with Crippen LogP contribution in [0.2, 0.25) is 0 Å². The van der Waals surface area contributed by atoms with Crippen LogP contribution in [-0.4, -0.2) is 70.1 Å². The van der Waals surface area contributed by atoms with Crippen molar-refractivity contribution < 1.29 is 14.3 Å². The van der Waals surface area contributed by atoms with Gasteiger partial charge < -0.3 is 19.5 Å². The molecule has 0 bridgehead atoms. The van der Waals surface area contributed by atoms with E-state index in [-0.39, 0.29) is 41.0 Å². The van der Waals surface area contributed by atoms with Crippen LogP contribution in [0.1, 0.15) is 38.5 Å². The molecule has 0 spiro atoms. The third-order valence-electron chi connectivity index (χ3n) is 7.63. The number of piperazine rings is 1. The Balaban J connectivity index is 1.14. The predicted octanol–water partition coefficient (Wildman–Crippen LogP) is 1.35. The fourth-order valence-corrected chi connectivity index (χ4v) is 5.60. The third-order valence-corrected chi connectivity index (χ3v) is 7.63. The van der Waals surface area contributed by atoms with E-state index in [9.17, 15) is 19.2 Å². The number of aromatic amines is 1. The molecule has 1 aromatic carbocycles. The van der Waals surface area contributed by atoms with Crippen LogP contribution in [0.3, 0.4) is 0 Å². The lowest BCUT2D eigenvalue weighted by molar-refractivity contribution is -0.147. The molecular weight excluding hydrogens is 436 g/mol. The first kappa shape index (κ1) is 22.8. The minimum atomic E-state index is -0.377. The lowest BCUT2D eigenvalue weighted by Gasteiger charge is -2.38. The van der Waals surface area contributed by atoms with E-state index < -0.39 is 0 Å². The fraction of sp³-hybridized carbons (Fsp3) is 0.600. The number of carbonyl (C=O) groups excluding carboxylic acids is 2. The second-order valence-corrected chi connectivity index (χ2v) is 9.76. The van der Waals surface area contributed by atoms with Crippen LogP contribution < -0.4 is 11.2 Å². The molecule has 1 saturated carbocycles. The molecule has 1 unspecified atom stereocenters. The molecular formula is C25H32N4O5. The molecule has 5 rings (SSSR count). The SMILES string of the molecule is O=C(C1CCCO1)N1CCN(C(=O)[C@H]2CC[C@H](Cn3c(=O)[nH]c4ccccc4c3=O)CC2)CC1. The van der Waals surface area contributed by atoms with Crippen molar-refractivity contribution in [3.63, 3.8) is 0 Å². The van der Waals surface area contributed by atoms with Crippen molar-refractivity contribution in [1.29, 1.82) is 0 Å². The summed E-state index contributed by atoms with van der Waals surface area (Å²) in [7, 11) is 0. The number of aromatic nitrogens is 2. The lowest BCUT2D eigenvalue weighted by atomic mass is 9.81. The number of rotatable bonds is 4. The minimum absolute atomic E-state index is 0.0247. The highest BCUT2D eigenvalue weighted by molar-refractivity contribution is 5.82. The van der Waals surface area contributed by atoms with E-state index in [2.05, 4.69) is 4.98 Å². The zero-order valence-electron chi connectivity index (χ0n) is 19.4. The van der Waals surface area contributed by atoms with Gasteiger partial charge in [-0.1, -0.05) is 12.1 Å². The molecule has 3 fully saturated rings. The van der Waals surface area contributed by atoms with Gasteiger partial charge in [-0.15, -0.1) is 0 Å². The molecule has 1 atom stereocenters. The standard InChI is InChI=1S/C25H32N4O5/c30-22(27-11-13-28(14-12-27)24(32)21-6-3-15-34-21)18-9-7-17(8-10-18)16-29-23(31)19-4-1-2-5-20(19)26-25(29)33/h1-2,4-5,17-18,21H,3,6-16H2,(H,26,33)/t17-,18-,21?. The van der Waals surface area contributed by atoms with E-state index in [0.29, 0.717) is 50.2 Å². The molecule has 2 aromatic rings. The van der Waals surface area contributed by atoms with E-state index in [1.807, 2.05) is 9.80 Å². The first-order chi connectivity index (χ1) is 16.5. The summed E-state index contributed by atoms with van der Waals surface area (Å²) >= 11 is 0. The van der Waals surface area contributed by atoms with Gasteiger partial charge in [0.25, 0.3) is 11.5 Å². The second kappa shape index (κ2) is 9.74. The zero-order chi connectivity index (χ0) is 23.7. The molecule has 0 radical (unpaired) electrons. The van der Waals surface area contributed by atoms with E-state index >= 15 is 0 Å². The van der Waals surface area contributed by atoms with Gasteiger partial charge in [-0.05, 0) is 56.6 Å². The second-order valence-electron chi connectivity index (χ2n) is 9.76. The third kappa shape index (κ3) is 4.53. The Morgan fingerprint density at radius 1 is 0.912 bits per heavy atom. The molecule has 2 saturated heterocycles. The van der Waals surface area contributed by atoms with Gasteiger partial charge >= 0.3 is 5.69 Å². The molecule has 3 aliphatic rings. The number of para-hydroxylation sites is 1. The average molecular weight is 469 g/mol. The summed E-state index contributed by atoms with van der Waals surface area (Å²) in [6, 6.07) is 7.05. The molecule has 1 aliphatic carbocycles. The van der Waals surface area contributed by atoms with Crippen molar-refractivity contribution in [2.75, 3.05) is 32.8 Å². The Kier molecular flexibility index (Phi) is 6.54. The smallest absolute Gasteiger partial charge is 0.328 e. The topological polar surface area (TPSA) is 105 Å². The van der Waals surface area contributed by atoms with Crippen LogP contribution in [0.15, 0.2) is 33.9 Å². The normalized spacial score (nSPS) is 25.6. The Labute approximate surface area is 197 Å². The van der Waals surface area contributed by atoms with Gasteiger partial charge in [-0.3, -0.25) is 19.0 Å². The Morgan fingerprint density at radius 2 is 1.59 bits per heavy atom. The highest BCUT2D eigenvalue weighted by atomic mass is 16.5. The number of H-pyrrole nitrogens is 1. The zero-order valence-corrected chi connectivity index (χ0v) is 19.4. The number of hydrogen-bond acceptors (Lipinski definition) is 5. The van der Waals surface area contributed by atoms with Crippen molar-refractivity contribution in [3.05, 3.63) is 45.1 Å². The van der Waals surface area contributed by atoms with Crippen LogP contribution in [0.5, 0.6) is 0 Å². The Hall–Kier alpha value is -2.94. The van der Waals surface area contributed by atoms with Crippen molar-refractivity contribution in [2.45, 2.75) is 51.2 Å². The molecule has 3 heterocycles. The Bertz CT molecular complexity index is 1170. The highest BCUT2D eigenvalue weighted by Crippen LogP contribution is 2.31. The van der Waals surface area contributed by atoms with E-state index in [4.69, 9.17) is 4.74 Å². The van der Waals surface area contributed by atoms with Crippen molar-refractivity contribution >= 4 is 22.7 Å². The summed E-state index contributed by atoms with van der Waals surface area (Å²) in [5.41, 5.74) is -0.0779. The first-order valence-electron chi connectivity index (χ1n) is 12.4. The number of carbonyl (C=O) groups is 2. The largest absolute Gasteiger partial charge is 0.368 e. The molecule has 34 heavy (non-hydrogen) atoms. The summed E-state index contributed by atoms with van der Waals surface area (Å²) in [6.45, 7) is 3.30. The molecule has 9 nitrogen and oxygen atoms in total. The number of fused-ring (bicyclic) bond motifs is 1. The summed E-state index contributed by atoms with van der Waals surface area (Å²) in [5.74, 6) is 0.403. The van der Waals surface area contributed by atoms with Crippen LogP contribution in [-0.2, 0) is 20.9 Å². The number of nitrogens with one attached hydrogen (secondary N) is 1. The van der Waals surface area contributed by atoms with Crippen LogP contribution in [0, 0.1) is 11.8 Å². The van der Waals surface area contributed by atoms with Crippen molar-refractivity contribution in [2.24, 2.45) is 11.8 Å². The minimum Gasteiger partial charge on any atom is -0.368 e. The number of nitrogens with zero attached hydrogens (tertiary/aromatic N) is 3. The highest BCUT2D eigenvalue weighted by Gasteiger charge is 2.34. The number of hydrogen-bond donors (Lipinski definition) is 1. The molecule has 9 heteroatoms. The Morgan fingerprint density at radius 3 is 2.26 bits per heavy atom. The van der Waals surface area contributed by atoms with Crippen LogP contribution >= 0.6 is 0 Å². The number of ether oxygens (including phenoxy) is 1. The van der Waals surface area contributed by atoms with Gasteiger partial charge in [0.1, 0.15) is 6.10 Å². The van der Waals surface area contributed by atoms with Crippen molar-refractivity contribution in [3.8, 4) is 0 Å². The van der Waals surface area contributed by atoms with Gasteiger partial charge in [0.05, 0.1) is 10.9 Å². The van der Waals surface area contributed by atoms with Gasteiger partial charge in [-0.25, -0.2) is 4.79 Å². The van der Waals surface area contributed by atoms with Gasteiger partial charge in [0.15, 0.2) is 0 Å². The van der Waals surface area contributed by atoms with E-state index in [0.717, 1.165) is 38.5 Å². The van der Waals surface area contributed by atoms with Crippen LogP contribution in [0.25, 0.3) is 10.9 Å². The maximum atomic E-state index is 13.1. The summed E-state index contributed by atoms with van der Waals surface area (Å²) < 4.78 is 6.82. The number of benzene rings is 1. The maximum Gasteiger partial charge on any atom is 0.328 e. The maximum absolute atomic E-state index is 13.1. The van der Waals surface area contributed by atoms with E-state index in [1.165, 1.54) is 4.57 Å². The van der Waals surface area contributed by atoms with Gasteiger partial charge in [0.2, 0.25) is 5.91 Å². The molecule has 1 aromatic heterocycles. The molecule has 182 valence electrons.